The number of hydrogen-bond acceptors (Lipinski definition) is 5. The van der Waals surface area contributed by atoms with Gasteiger partial charge in [-0.05, 0) is 24.3 Å². The Morgan fingerprint density at radius 3 is 3.05 bits per heavy atom. The van der Waals surface area contributed by atoms with Gasteiger partial charge in [-0.15, -0.1) is 11.3 Å². The van der Waals surface area contributed by atoms with Crippen LogP contribution in [0.15, 0.2) is 34.9 Å². The lowest BCUT2D eigenvalue weighted by Gasteiger charge is -2.36. The van der Waals surface area contributed by atoms with Gasteiger partial charge in [0, 0.05) is 13.0 Å². The van der Waals surface area contributed by atoms with Crippen molar-refractivity contribution in [2.24, 2.45) is 0 Å². The van der Waals surface area contributed by atoms with Crippen LogP contribution in [-0.2, 0) is 4.74 Å². The SMILES string of the molecule is O=C(c1ccc(Cl)s1)N1CCOC[C@@H]1C[C@H](O)c1ccco1. The number of carbonyl (C=O) groups is 1. The van der Waals surface area contributed by atoms with Crippen LogP contribution in [0, 0.1) is 0 Å². The minimum Gasteiger partial charge on any atom is -0.467 e. The van der Waals surface area contributed by atoms with Gasteiger partial charge in [-0.2, -0.15) is 0 Å². The van der Waals surface area contributed by atoms with E-state index in [9.17, 15) is 9.90 Å². The highest BCUT2D eigenvalue weighted by Crippen LogP contribution is 2.27. The van der Waals surface area contributed by atoms with Crippen molar-refractivity contribution in [2.45, 2.75) is 18.6 Å². The second-order valence-corrected chi connectivity index (χ2v) is 6.81. The van der Waals surface area contributed by atoms with Crippen LogP contribution >= 0.6 is 22.9 Å². The Bertz CT molecular complexity index is 627. The molecule has 0 unspecified atom stereocenters. The molecule has 2 aromatic heterocycles. The zero-order valence-corrected chi connectivity index (χ0v) is 13.3. The Hall–Kier alpha value is -1.34. The molecule has 2 aromatic rings. The van der Waals surface area contributed by atoms with Gasteiger partial charge in [-0.3, -0.25) is 4.79 Å². The van der Waals surface area contributed by atoms with Crippen molar-refractivity contribution in [1.82, 2.24) is 4.90 Å². The first-order valence-corrected chi connectivity index (χ1v) is 8.20. The number of rotatable bonds is 4. The zero-order valence-electron chi connectivity index (χ0n) is 11.8. The van der Waals surface area contributed by atoms with Crippen molar-refractivity contribution in [2.75, 3.05) is 19.8 Å². The van der Waals surface area contributed by atoms with Gasteiger partial charge in [-0.25, -0.2) is 0 Å². The highest BCUT2D eigenvalue weighted by atomic mass is 35.5. The Morgan fingerprint density at radius 1 is 1.50 bits per heavy atom. The first-order chi connectivity index (χ1) is 10.6. The molecule has 0 radical (unpaired) electrons. The topological polar surface area (TPSA) is 62.9 Å². The maximum atomic E-state index is 12.6. The number of aliphatic hydroxyl groups is 1. The van der Waals surface area contributed by atoms with E-state index in [-0.39, 0.29) is 11.9 Å². The summed E-state index contributed by atoms with van der Waals surface area (Å²) in [6, 6.07) is 6.70. The van der Waals surface area contributed by atoms with E-state index in [1.54, 1.807) is 29.2 Å². The van der Waals surface area contributed by atoms with Gasteiger partial charge >= 0.3 is 0 Å². The van der Waals surface area contributed by atoms with Crippen LogP contribution in [0.4, 0.5) is 0 Å². The molecule has 2 atom stereocenters. The monoisotopic (exact) mass is 341 g/mol. The predicted octanol–water partition coefficient (Wildman–Crippen LogP) is 2.96. The van der Waals surface area contributed by atoms with E-state index >= 15 is 0 Å². The van der Waals surface area contributed by atoms with Crippen LogP contribution in [0.25, 0.3) is 0 Å². The molecule has 7 heteroatoms. The molecule has 0 spiro atoms. The van der Waals surface area contributed by atoms with E-state index in [1.165, 1.54) is 17.6 Å². The molecule has 3 rings (SSSR count). The summed E-state index contributed by atoms with van der Waals surface area (Å²) in [4.78, 5) is 15.0. The molecule has 0 aliphatic carbocycles. The molecular formula is C15H16ClNO4S. The number of furan rings is 1. The highest BCUT2D eigenvalue weighted by Gasteiger charge is 2.31. The Balaban J connectivity index is 1.72. The first-order valence-electron chi connectivity index (χ1n) is 7.00. The summed E-state index contributed by atoms with van der Waals surface area (Å²) in [5.41, 5.74) is 0. The Labute approximate surface area is 137 Å². The number of ether oxygens (including phenoxy) is 1. The minimum atomic E-state index is -0.760. The molecule has 0 aromatic carbocycles. The molecule has 1 fully saturated rings. The van der Waals surface area contributed by atoms with E-state index < -0.39 is 6.10 Å². The van der Waals surface area contributed by atoms with Gasteiger partial charge in [-0.1, -0.05) is 11.6 Å². The average Bonchev–Trinajstić information content (AvgIpc) is 3.18. The van der Waals surface area contributed by atoms with Crippen LogP contribution in [0.3, 0.4) is 0 Å². The summed E-state index contributed by atoms with van der Waals surface area (Å²) in [6.07, 6.45) is 1.13. The molecule has 1 aliphatic heterocycles. The van der Waals surface area contributed by atoms with Crippen molar-refractivity contribution < 1.29 is 19.1 Å². The third-order valence-electron chi connectivity index (χ3n) is 3.64. The molecule has 22 heavy (non-hydrogen) atoms. The third-order valence-corrected chi connectivity index (χ3v) is 4.86. The lowest BCUT2D eigenvalue weighted by atomic mass is 10.1. The second-order valence-electron chi connectivity index (χ2n) is 5.10. The lowest BCUT2D eigenvalue weighted by Crippen LogP contribution is -2.49. The number of hydrogen-bond donors (Lipinski definition) is 1. The van der Waals surface area contributed by atoms with Crippen molar-refractivity contribution in [3.8, 4) is 0 Å². The van der Waals surface area contributed by atoms with Crippen LogP contribution in [0.5, 0.6) is 0 Å². The van der Waals surface area contributed by atoms with E-state index in [0.717, 1.165) is 0 Å². The normalized spacial score (nSPS) is 20.1. The van der Waals surface area contributed by atoms with E-state index in [4.69, 9.17) is 20.8 Å². The molecule has 0 bridgehead atoms. The fourth-order valence-electron chi connectivity index (χ4n) is 2.54. The number of nitrogens with zero attached hydrogens (tertiary/aromatic N) is 1. The number of thiophene rings is 1. The molecule has 5 nitrogen and oxygen atoms in total. The van der Waals surface area contributed by atoms with Crippen LogP contribution in [0.2, 0.25) is 4.34 Å². The van der Waals surface area contributed by atoms with E-state index in [1.807, 2.05) is 0 Å². The van der Waals surface area contributed by atoms with Gasteiger partial charge in [0.05, 0.1) is 34.7 Å². The maximum Gasteiger partial charge on any atom is 0.264 e. The summed E-state index contributed by atoms with van der Waals surface area (Å²) in [5, 5.41) is 10.2. The summed E-state index contributed by atoms with van der Waals surface area (Å²) in [6.45, 7) is 1.41. The maximum absolute atomic E-state index is 12.6. The number of amides is 1. The summed E-state index contributed by atoms with van der Waals surface area (Å²) >= 11 is 7.16. The summed E-state index contributed by atoms with van der Waals surface area (Å²) < 4.78 is 11.3. The molecule has 3 heterocycles. The third kappa shape index (κ3) is 3.35. The van der Waals surface area contributed by atoms with Gasteiger partial charge in [0.2, 0.25) is 0 Å². The zero-order chi connectivity index (χ0) is 15.5. The molecule has 1 amide bonds. The van der Waals surface area contributed by atoms with Gasteiger partial charge in [0.25, 0.3) is 5.91 Å². The van der Waals surface area contributed by atoms with Crippen molar-refractivity contribution >= 4 is 28.8 Å². The Kier molecular flexibility index (Phi) is 4.83. The highest BCUT2D eigenvalue weighted by molar-refractivity contribution is 7.17. The molecule has 118 valence electrons. The number of morpholine rings is 1. The van der Waals surface area contributed by atoms with Crippen LogP contribution in [0.1, 0.15) is 28.0 Å². The number of carbonyl (C=O) groups excluding carboxylic acids is 1. The first kappa shape index (κ1) is 15.6. The molecule has 1 aliphatic rings. The second kappa shape index (κ2) is 6.83. The van der Waals surface area contributed by atoms with Crippen LogP contribution < -0.4 is 0 Å². The number of aliphatic hydroxyl groups excluding tert-OH is 1. The van der Waals surface area contributed by atoms with E-state index in [2.05, 4.69) is 0 Å². The molecular weight excluding hydrogens is 326 g/mol. The summed E-state index contributed by atoms with van der Waals surface area (Å²) in [5.74, 6) is 0.425. The van der Waals surface area contributed by atoms with Crippen molar-refractivity contribution in [3.05, 3.63) is 45.5 Å². The Morgan fingerprint density at radius 2 is 2.36 bits per heavy atom. The van der Waals surface area contributed by atoms with E-state index in [0.29, 0.717) is 41.2 Å². The van der Waals surface area contributed by atoms with Gasteiger partial charge < -0.3 is 19.2 Å². The fourth-order valence-corrected chi connectivity index (χ4v) is 3.54. The molecule has 0 saturated carbocycles. The quantitative estimate of drug-likeness (QED) is 0.928. The van der Waals surface area contributed by atoms with Gasteiger partial charge in [0.15, 0.2) is 0 Å². The lowest BCUT2D eigenvalue weighted by molar-refractivity contribution is -0.0193. The fraction of sp³-hybridized carbons (Fsp3) is 0.400. The molecule has 1 saturated heterocycles. The predicted molar refractivity (Wildman–Crippen MR) is 83.3 cm³/mol. The summed E-state index contributed by atoms with van der Waals surface area (Å²) in [7, 11) is 0. The largest absolute Gasteiger partial charge is 0.467 e. The molecule has 1 N–H and O–H groups in total. The van der Waals surface area contributed by atoms with Gasteiger partial charge in [0.1, 0.15) is 11.9 Å². The van der Waals surface area contributed by atoms with Crippen molar-refractivity contribution in [1.29, 1.82) is 0 Å². The average molecular weight is 342 g/mol. The number of halogens is 1. The smallest absolute Gasteiger partial charge is 0.264 e. The van der Waals surface area contributed by atoms with Crippen molar-refractivity contribution in [3.63, 3.8) is 0 Å². The standard InChI is InChI=1S/C15H16ClNO4S/c16-14-4-3-13(22-14)15(19)17-5-7-20-9-10(17)8-11(18)12-2-1-6-21-12/h1-4,6,10-11,18H,5,7-9H2/t10-,11-/m0/s1. The minimum absolute atomic E-state index is 0.0724. The van der Waals surface area contributed by atoms with Crippen LogP contribution in [-0.4, -0.2) is 41.7 Å².